The first-order valence-corrected chi connectivity index (χ1v) is 11.6. The van der Waals surface area contributed by atoms with E-state index in [1.165, 1.54) is 69.3 Å². The highest BCUT2D eigenvalue weighted by molar-refractivity contribution is 5.94. The van der Waals surface area contributed by atoms with Crippen molar-refractivity contribution < 1.29 is 4.79 Å². The number of hydrogen-bond acceptors (Lipinski definition) is 3. The van der Waals surface area contributed by atoms with Gasteiger partial charge in [-0.15, -0.1) is 0 Å². The average molecular weight is 381 g/mol. The number of H-pyrrole nitrogens is 1. The van der Waals surface area contributed by atoms with Crippen LogP contribution in [0, 0.1) is 11.8 Å². The highest BCUT2D eigenvalue weighted by Crippen LogP contribution is 2.45. The van der Waals surface area contributed by atoms with Crippen LogP contribution in [0.15, 0.2) is 11.6 Å². The van der Waals surface area contributed by atoms with E-state index in [0.717, 1.165) is 43.5 Å². The molecule has 3 aliphatic heterocycles. The summed E-state index contributed by atoms with van der Waals surface area (Å²) in [6.07, 6.45) is 14.7. The van der Waals surface area contributed by atoms with Crippen molar-refractivity contribution in [3.05, 3.63) is 28.6 Å². The van der Waals surface area contributed by atoms with Gasteiger partial charge in [0, 0.05) is 30.4 Å². The van der Waals surface area contributed by atoms with Crippen LogP contribution in [0.25, 0.3) is 0 Å². The summed E-state index contributed by atoms with van der Waals surface area (Å²) in [5.74, 6) is 1.52. The van der Waals surface area contributed by atoms with Crippen LogP contribution in [0.2, 0.25) is 0 Å². The van der Waals surface area contributed by atoms with E-state index in [0.29, 0.717) is 12.0 Å². The van der Waals surface area contributed by atoms with Gasteiger partial charge < -0.3 is 4.90 Å². The number of rotatable bonds is 1. The molecular formula is C23H32N4O. The molecule has 5 heteroatoms. The van der Waals surface area contributed by atoms with Crippen LogP contribution in [0.3, 0.4) is 0 Å². The summed E-state index contributed by atoms with van der Waals surface area (Å²) in [5, 5.41) is 7.69. The number of carbonyl (C=O) groups is 1. The fourth-order valence-electron chi connectivity index (χ4n) is 7.00. The zero-order valence-corrected chi connectivity index (χ0v) is 16.8. The third-order valence-electron chi connectivity index (χ3n) is 8.18. The minimum Gasteiger partial charge on any atom is -0.330 e. The highest BCUT2D eigenvalue weighted by Gasteiger charge is 2.47. The smallest absolute Gasteiger partial charge is 0.275 e. The van der Waals surface area contributed by atoms with Crippen molar-refractivity contribution >= 4 is 5.91 Å². The molecule has 1 amide bonds. The molecule has 0 spiro atoms. The normalized spacial score (nSPS) is 34.9. The SMILES string of the molecule is O=C(c1n[nH]c2c1CCCC2)N1CCCC2=C[C@H]3C[C@H](CN4CCCCC34)C21. The molecule has 28 heavy (non-hydrogen) atoms. The third-order valence-corrected chi connectivity index (χ3v) is 8.18. The third kappa shape index (κ3) is 2.62. The maximum Gasteiger partial charge on any atom is 0.275 e. The number of aromatic amines is 1. The van der Waals surface area contributed by atoms with Gasteiger partial charge in [0.15, 0.2) is 5.69 Å². The second kappa shape index (κ2) is 6.72. The maximum atomic E-state index is 13.6. The van der Waals surface area contributed by atoms with Crippen LogP contribution >= 0.6 is 0 Å². The zero-order valence-electron chi connectivity index (χ0n) is 16.8. The first-order chi connectivity index (χ1) is 13.8. The number of fused-ring (bicyclic) bond motifs is 7. The van der Waals surface area contributed by atoms with Crippen molar-refractivity contribution in [3.63, 3.8) is 0 Å². The van der Waals surface area contributed by atoms with Crippen molar-refractivity contribution in [1.82, 2.24) is 20.0 Å². The Balaban J connectivity index is 1.32. The fraction of sp³-hybridized carbons (Fsp3) is 0.739. The Morgan fingerprint density at radius 3 is 2.96 bits per heavy atom. The van der Waals surface area contributed by atoms with Gasteiger partial charge in [0.2, 0.25) is 0 Å². The number of likely N-dealkylation sites (tertiary alicyclic amines) is 1. The Morgan fingerprint density at radius 1 is 1.07 bits per heavy atom. The minimum absolute atomic E-state index is 0.189. The molecule has 2 bridgehead atoms. The Labute approximate surface area is 167 Å². The van der Waals surface area contributed by atoms with Crippen molar-refractivity contribution in [1.29, 1.82) is 0 Å². The second-order valence-electron chi connectivity index (χ2n) is 9.74. The van der Waals surface area contributed by atoms with Crippen LogP contribution in [0.5, 0.6) is 0 Å². The number of aromatic nitrogens is 2. The molecule has 4 atom stereocenters. The molecular weight excluding hydrogens is 348 g/mol. The summed E-state index contributed by atoms with van der Waals surface area (Å²) < 4.78 is 0. The van der Waals surface area contributed by atoms with E-state index in [9.17, 15) is 4.79 Å². The molecule has 6 rings (SSSR count). The van der Waals surface area contributed by atoms with Gasteiger partial charge in [0.05, 0.1) is 6.04 Å². The molecule has 1 N–H and O–H groups in total. The number of carbonyl (C=O) groups excluding carboxylic acids is 1. The van der Waals surface area contributed by atoms with Gasteiger partial charge in [-0.3, -0.25) is 14.8 Å². The molecule has 5 aliphatic rings. The first-order valence-electron chi connectivity index (χ1n) is 11.6. The fourth-order valence-corrected chi connectivity index (χ4v) is 7.00. The minimum atomic E-state index is 0.189. The predicted octanol–water partition coefficient (Wildman–Crippen LogP) is 3.32. The molecule has 4 heterocycles. The van der Waals surface area contributed by atoms with Gasteiger partial charge in [-0.2, -0.15) is 5.10 Å². The molecule has 150 valence electrons. The maximum absolute atomic E-state index is 13.6. The van der Waals surface area contributed by atoms with E-state index in [2.05, 4.69) is 26.1 Å². The lowest BCUT2D eigenvalue weighted by Crippen LogP contribution is -2.60. The van der Waals surface area contributed by atoms with Gasteiger partial charge in [-0.05, 0) is 76.2 Å². The van der Waals surface area contributed by atoms with E-state index in [1.54, 1.807) is 5.57 Å². The largest absolute Gasteiger partial charge is 0.330 e. The number of amides is 1. The van der Waals surface area contributed by atoms with Gasteiger partial charge in [0.25, 0.3) is 5.91 Å². The van der Waals surface area contributed by atoms with Crippen LogP contribution in [-0.2, 0) is 12.8 Å². The van der Waals surface area contributed by atoms with E-state index in [1.807, 2.05) is 0 Å². The van der Waals surface area contributed by atoms with Crippen LogP contribution < -0.4 is 0 Å². The first kappa shape index (κ1) is 17.3. The number of piperidine rings is 3. The molecule has 1 aromatic rings. The van der Waals surface area contributed by atoms with E-state index >= 15 is 0 Å². The monoisotopic (exact) mass is 380 g/mol. The number of nitrogens with one attached hydrogen (secondary N) is 1. The Bertz CT molecular complexity index is 812. The lowest BCUT2D eigenvalue weighted by molar-refractivity contribution is 0.00128. The molecule has 3 saturated heterocycles. The van der Waals surface area contributed by atoms with E-state index < -0.39 is 0 Å². The topological polar surface area (TPSA) is 52.2 Å². The highest BCUT2D eigenvalue weighted by atomic mass is 16.2. The van der Waals surface area contributed by atoms with Gasteiger partial charge in [0.1, 0.15) is 0 Å². The van der Waals surface area contributed by atoms with Gasteiger partial charge in [-0.1, -0.05) is 18.1 Å². The Morgan fingerprint density at radius 2 is 2.00 bits per heavy atom. The second-order valence-corrected chi connectivity index (χ2v) is 9.74. The van der Waals surface area contributed by atoms with E-state index in [-0.39, 0.29) is 5.91 Å². The van der Waals surface area contributed by atoms with Crippen molar-refractivity contribution in [2.75, 3.05) is 19.6 Å². The standard InChI is InChI=1S/C23H32N4O/c28-23(21-18-7-1-2-8-19(18)24-25-21)27-11-5-6-15-12-16-13-17(22(15)27)14-26-10-4-3-9-20(16)26/h12,16-17,20,22H,1-11,13-14H2,(H,24,25)/t16-,17+,20?,22?/m0/s1. The van der Waals surface area contributed by atoms with Crippen molar-refractivity contribution in [2.45, 2.75) is 76.3 Å². The lowest BCUT2D eigenvalue weighted by Gasteiger charge is -2.54. The van der Waals surface area contributed by atoms with Crippen LogP contribution in [0.4, 0.5) is 0 Å². The Hall–Kier alpha value is -1.62. The Kier molecular flexibility index (Phi) is 4.14. The van der Waals surface area contributed by atoms with Crippen LogP contribution in [-0.4, -0.2) is 57.6 Å². The predicted molar refractivity (Wildman–Crippen MR) is 108 cm³/mol. The molecule has 0 saturated carbocycles. The molecule has 2 aliphatic carbocycles. The van der Waals surface area contributed by atoms with E-state index in [4.69, 9.17) is 0 Å². The van der Waals surface area contributed by atoms with Gasteiger partial charge >= 0.3 is 0 Å². The average Bonchev–Trinajstić information content (AvgIpc) is 3.17. The summed E-state index contributed by atoms with van der Waals surface area (Å²) >= 11 is 0. The number of aryl methyl sites for hydroxylation is 1. The summed E-state index contributed by atoms with van der Waals surface area (Å²) in [5.41, 5.74) is 4.71. The quantitative estimate of drug-likeness (QED) is 0.761. The molecule has 2 unspecified atom stereocenters. The molecule has 3 fully saturated rings. The van der Waals surface area contributed by atoms with Crippen molar-refractivity contribution in [2.24, 2.45) is 11.8 Å². The molecule has 1 aromatic heterocycles. The molecule has 0 aromatic carbocycles. The lowest BCUT2D eigenvalue weighted by atomic mass is 9.68. The van der Waals surface area contributed by atoms with Gasteiger partial charge in [-0.25, -0.2) is 0 Å². The summed E-state index contributed by atoms with van der Waals surface area (Å²) in [7, 11) is 0. The molecule has 5 nitrogen and oxygen atoms in total. The molecule has 0 radical (unpaired) electrons. The van der Waals surface area contributed by atoms with Crippen LogP contribution in [0.1, 0.15) is 73.1 Å². The summed E-state index contributed by atoms with van der Waals surface area (Å²) in [6.45, 7) is 3.34. The summed E-state index contributed by atoms with van der Waals surface area (Å²) in [6, 6.07) is 1.08. The summed E-state index contributed by atoms with van der Waals surface area (Å²) in [4.78, 5) is 18.6. The number of nitrogens with zero attached hydrogens (tertiary/aromatic N) is 3. The zero-order chi connectivity index (χ0) is 18.7. The number of hydrogen-bond donors (Lipinski definition) is 1. The van der Waals surface area contributed by atoms with Crippen molar-refractivity contribution in [3.8, 4) is 0 Å².